The van der Waals surface area contributed by atoms with Crippen LogP contribution in [-0.4, -0.2) is 30.7 Å². The second-order valence-electron chi connectivity index (χ2n) is 4.52. The molecule has 2 N–H and O–H groups in total. The minimum absolute atomic E-state index is 0.0199. The Bertz CT molecular complexity index is 732. The Balaban J connectivity index is 1.93. The fourth-order valence-electron chi connectivity index (χ4n) is 1.78. The third-order valence-electron chi connectivity index (χ3n) is 2.87. The van der Waals surface area contributed by atoms with Crippen LogP contribution in [-0.2, 0) is 9.53 Å². The number of halogens is 1. The Morgan fingerprint density at radius 3 is 2.74 bits per heavy atom. The Kier molecular flexibility index (Phi) is 5.59. The Hall–Kier alpha value is -2.54. The molecule has 0 saturated carbocycles. The van der Waals surface area contributed by atoms with Crippen LogP contribution in [0.5, 0.6) is 11.5 Å². The molecule has 0 spiro atoms. The first kappa shape index (κ1) is 16.8. The molecular weight excluding hydrogens is 366 g/mol. The molecule has 23 heavy (non-hydrogen) atoms. The number of phenols is 1. The van der Waals surface area contributed by atoms with Gasteiger partial charge in [-0.1, -0.05) is 22.0 Å². The molecule has 0 radical (unpaired) electrons. The highest BCUT2D eigenvalue weighted by molar-refractivity contribution is 9.10. The summed E-state index contributed by atoms with van der Waals surface area (Å²) in [6.45, 7) is -0.470. The number of rotatable bonds is 5. The number of anilines is 1. The van der Waals surface area contributed by atoms with E-state index in [-0.39, 0.29) is 11.3 Å². The Morgan fingerprint density at radius 1 is 1.22 bits per heavy atom. The highest BCUT2D eigenvalue weighted by atomic mass is 79.9. The van der Waals surface area contributed by atoms with Gasteiger partial charge in [0.15, 0.2) is 6.61 Å². The molecule has 0 saturated heterocycles. The van der Waals surface area contributed by atoms with Gasteiger partial charge in [0.1, 0.15) is 17.1 Å². The average Bonchev–Trinajstić information content (AvgIpc) is 2.55. The minimum atomic E-state index is -0.787. The summed E-state index contributed by atoms with van der Waals surface area (Å²) in [5.74, 6) is -0.907. The van der Waals surface area contributed by atoms with Crippen molar-refractivity contribution in [3.05, 3.63) is 52.5 Å². The molecule has 2 aromatic rings. The predicted octanol–water partition coefficient (Wildman–Crippen LogP) is 2.96. The van der Waals surface area contributed by atoms with Gasteiger partial charge in [0.25, 0.3) is 5.91 Å². The molecule has 0 aliphatic carbocycles. The van der Waals surface area contributed by atoms with E-state index >= 15 is 0 Å². The number of phenolic OH excluding ortho intramolecular Hbond substituents is 1. The normalized spacial score (nSPS) is 10.0. The third-order valence-corrected chi connectivity index (χ3v) is 3.36. The van der Waals surface area contributed by atoms with Crippen molar-refractivity contribution in [2.75, 3.05) is 19.0 Å². The van der Waals surface area contributed by atoms with E-state index in [1.807, 2.05) is 0 Å². The maximum absolute atomic E-state index is 11.9. The number of amides is 1. The van der Waals surface area contributed by atoms with E-state index in [1.165, 1.54) is 19.2 Å². The molecule has 7 heteroatoms. The zero-order valence-corrected chi connectivity index (χ0v) is 13.8. The van der Waals surface area contributed by atoms with E-state index in [0.717, 1.165) is 0 Å². The number of carbonyl (C=O) groups excluding carboxylic acids is 2. The lowest BCUT2D eigenvalue weighted by Gasteiger charge is -2.08. The summed E-state index contributed by atoms with van der Waals surface area (Å²) in [6.07, 6.45) is 0. The van der Waals surface area contributed by atoms with Crippen molar-refractivity contribution in [2.24, 2.45) is 0 Å². The quantitative estimate of drug-likeness (QED) is 0.780. The van der Waals surface area contributed by atoms with Crippen molar-refractivity contribution in [1.82, 2.24) is 0 Å². The van der Waals surface area contributed by atoms with Gasteiger partial charge >= 0.3 is 5.97 Å². The first-order chi connectivity index (χ1) is 11.0. The standard InChI is InChI=1S/C16H14BrNO5/c1-22-12-4-2-3-11(8-12)18-15(20)9-23-16(21)13-7-10(17)5-6-14(13)19/h2-8,19H,9H2,1H3,(H,18,20). The Morgan fingerprint density at radius 2 is 2.00 bits per heavy atom. The number of nitrogens with one attached hydrogen (secondary N) is 1. The van der Waals surface area contributed by atoms with Crippen molar-refractivity contribution in [1.29, 1.82) is 0 Å². The van der Waals surface area contributed by atoms with Crippen LogP contribution in [0.4, 0.5) is 5.69 Å². The van der Waals surface area contributed by atoms with Crippen LogP contribution in [0.25, 0.3) is 0 Å². The van der Waals surface area contributed by atoms with E-state index in [4.69, 9.17) is 9.47 Å². The van der Waals surface area contributed by atoms with Crippen molar-refractivity contribution < 1.29 is 24.2 Å². The molecule has 2 rings (SSSR count). The predicted molar refractivity (Wildman–Crippen MR) is 87.7 cm³/mol. The lowest BCUT2D eigenvalue weighted by molar-refractivity contribution is -0.119. The summed E-state index contributed by atoms with van der Waals surface area (Å²) in [4.78, 5) is 23.7. The molecule has 120 valence electrons. The van der Waals surface area contributed by atoms with Crippen molar-refractivity contribution in [3.8, 4) is 11.5 Å². The second kappa shape index (κ2) is 7.64. The topological polar surface area (TPSA) is 84.9 Å². The zero-order valence-electron chi connectivity index (χ0n) is 12.2. The number of carbonyl (C=O) groups is 2. The number of esters is 1. The van der Waals surface area contributed by atoms with Gasteiger partial charge in [0.05, 0.1) is 7.11 Å². The molecule has 0 fully saturated rings. The molecule has 0 unspecified atom stereocenters. The number of aromatic hydroxyl groups is 1. The molecule has 0 bridgehead atoms. The summed E-state index contributed by atoms with van der Waals surface area (Å²) >= 11 is 3.19. The summed E-state index contributed by atoms with van der Waals surface area (Å²) in [7, 11) is 1.52. The molecule has 0 aromatic heterocycles. The van der Waals surface area contributed by atoms with E-state index < -0.39 is 18.5 Å². The lowest BCUT2D eigenvalue weighted by Crippen LogP contribution is -2.21. The largest absolute Gasteiger partial charge is 0.507 e. The van der Waals surface area contributed by atoms with Crippen LogP contribution in [0.15, 0.2) is 46.9 Å². The fraction of sp³-hybridized carbons (Fsp3) is 0.125. The average molecular weight is 380 g/mol. The highest BCUT2D eigenvalue weighted by Gasteiger charge is 2.15. The molecule has 0 atom stereocenters. The van der Waals surface area contributed by atoms with Crippen LogP contribution in [0.3, 0.4) is 0 Å². The maximum atomic E-state index is 11.9. The monoisotopic (exact) mass is 379 g/mol. The second-order valence-corrected chi connectivity index (χ2v) is 5.43. The number of benzene rings is 2. The van der Waals surface area contributed by atoms with Gasteiger partial charge in [-0.15, -0.1) is 0 Å². The van der Waals surface area contributed by atoms with Gasteiger partial charge in [-0.3, -0.25) is 4.79 Å². The van der Waals surface area contributed by atoms with Crippen molar-refractivity contribution in [2.45, 2.75) is 0 Å². The van der Waals surface area contributed by atoms with Crippen LogP contribution in [0.2, 0.25) is 0 Å². The maximum Gasteiger partial charge on any atom is 0.342 e. The minimum Gasteiger partial charge on any atom is -0.507 e. The summed E-state index contributed by atoms with van der Waals surface area (Å²) in [5, 5.41) is 12.2. The molecule has 0 aliphatic heterocycles. The molecule has 0 aliphatic rings. The first-order valence-corrected chi connectivity index (χ1v) is 7.38. The van der Waals surface area contributed by atoms with Crippen LogP contribution < -0.4 is 10.1 Å². The highest BCUT2D eigenvalue weighted by Crippen LogP contribution is 2.22. The van der Waals surface area contributed by atoms with E-state index in [2.05, 4.69) is 21.2 Å². The van der Waals surface area contributed by atoms with Gasteiger partial charge in [-0.2, -0.15) is 0 Å². The van der Waals surface area contributed by atoms with Gasteiger partial charge in [0.2, 0.25) is 0 Å². The molecule has 1 amide bonds. The number of methoxy groups -OCH3 is 1. The van der Waals surface area contributed by atoms with Crippen LogP contribution in [0, 0.1) is 0 Å². The molecule has 2 aromatic carbocycles. The van der Waals surface area contributed by atoms with Gasteiger partial charge in [-0.25, -0.2) is 4.79 Å². The van der Waals surface area contributed by atoms with E-state index in [9.17, 15) is 14.7 Å². The SMILES string of the molecule is COc1cccc(NC(=O)COC(=O)c2cc(Br)ccc2O)c1. The molecular formula is C16H14BrNO5. The van der Waals surface area contributed by atoms with Crippen LogP contribution >= 0.6 is 15.9 Å². The zero-order chi connectivity index (χ0) is 16.8. The molecule has 6 nitrogen and oxygen atoms in total. The smallest absolute Gasteiger partial charge is 0.342 e. The summed E-state index contributed by atoms with van der Waals surface area (Å²) < 4.78 is 10.6. The van der Waals surface area contributed by atoms with Crippen LogP contribution in [0.1, 0.15) is 10.4 Å². The molecule has 0 heterocycles. The third kappa shape index (κ3) is 4.72. The van der Waals surface area contributed by atoms with Crippen molar-refractivity contribution >= 4 is 33.5 Å². The Labute approximate surface area is 141 Å². The fourth-order valence-corrected chi connectivity index (χ4v) is 2.14. The number of hydrogen-bond donors (Lipinski definition) is 2. The van der Waals surface area contributed by atoms with E-state index in [0.29, 0.717) is 15.9 Å². The van der Waals surface area contributed by atoms with Crippen molar-refractivity contribution in [3.63, 3.8) is 0 Å². The van der Waals surface area contributed by atoms with Gasteiger partial charge in [-0.05, 0) is 30.3 Å². The van der Waals surface area contributed by atoms with Gasteiger partial charge in [0, 0.05) is 16.2 Å². The van der Waals surface area contributed by atoms with E-state index in [1.54, 1.807) is 30.3 Å². The number of ether oxygens (including phenoxy) is 2. The summed E-state index contributed by atoms with van der Waals surface area (Å²) in [6, 6.07) is 11.1. The lowest BCUT2D eigenvalue weighted by atomic mass is 10.2. The number of hydrogen-bond acceptors (Lipinski definition) is 5. The first-order valence-electron chi connectivity index (χ1n) is 6.59. The van der Waals surface area contributed by atoms with Gasteiger partial charge < -0.3 is 19.9 Å². The summed E-state index contributed by atoms with van der Waals surface area (Å²) in [5.41, 5.74) is 0.504.